The van der Waals surface area contributed by atoms with Crippen LogP contribution in [0.3, 0.4) is 0 Å². The van der Waals surface area contributed by atoms with E-state index >= 15 is 0 Å². The van der Waals surface area contributed by atoms with E-state index in [0.717, 1.165) is 5.92 Å². The first-order valence-corrected chi connectivity index (χ1v) is 8.51. The van der Waals surface area contributed by atoms with Gasteiger partial charge in [-0.05, 0) is 51.2 Å². The molecule has 0 aliphatic heterocycles. The molecule has 0 atom stereocenters. The third kappa shape index (κ3) is 4.47. The molecule has 2 aromatic carbocycles. The number of hydrogen-bond acceptors (Lipinski definition) is 0. The topological polar surface area (TPSA) is 0 Å². The van der Waals surface area contributed by atoms with E-state index < -0.39 is 0 Å². The van der Waals surface area contributed by atoms with Crippen LogP contribution in [0, 0.1) is 33.6 Å². The third-order valence-electron chi connectivity index (χ3n) is 4.33. The van der Waals surface area contributed by atoms with Crippen molar-refractivity contribution in [3.05, 3.63) is 69.8 Å². The molecule has 0 heteroatoms. The van der Waals surface area contributed by atoms with Gasteiger partial charge in [-0.3, -0.25) is 0 Å². The molecule has 0 amide bonds. The summed E-state index contributed by atoms with van der Waals surface area (Å²) in [5, 5.41) is 0. The Morgan fingerprint density at radius 3 is 1.27 bits per heavy atom. The average Bonchev–Trinajstić information content (AvgIpc) is 2.36. The highest BCUT2D eigenvalue weighted by atomic mass is 14.2. The third-order valence-corrected chi connectivity index (χ3v) is 4.33. The molecule has 2 rings (SSSR count). The van der Waals surface area contributed by atoms with Crippen molar-refractivity contribution in [3.63, 3.8) is 0 Å². The van der Waals surface area contributed by atoms with Crippen LogP contribution in [0.25, 0.3) is 0 Å². The average molecular weight is 294 g/mol. The van der Waals surface area contributed by atoms with E-state index in [1.165, 1.54) is 46.2 Å². The monoisotopic (exact) mass is 294 g/mol. The van der Waals surface area contributed by atoms with Gasteiger partial charge in [-0.15, -0.1) is 0 Å². The largest absolute Gasteiger partial charge is 0.0628 e. The fourth-order valence-corrected chi connectivity index (χ4v) is 3.45. The Bertz CT molecular complexity index is 542. The van der Waals surface area contributed by atoms with Crippen LogP contribution >= 0.6 is 0 Å². The standard InChI is InChI=1S/C22H30/c1-15(2)7-8-22(20-11-16(3)9-17(4)12-20)21-13-18(5)10-19(6)14-21/h9-15,22H,7-8H2,1-6H3. The SMILES string of the molecule is Cc1cc(C)cc(C(CCC(C)C)c2cc(C)cc(C)c2)c1. The maximum absolute atomic E-state index is 2.37. The molecule has 0 aromatic heterocycles. The zero-order valence-electron chi connectivity index (χ0n) is 15.0. The van der Waals surface area contributed by atoms with Gasteiger partial charge in [-0.2, -0.15) is 0 Å². The van der Waals surface area contributed by atoms with Crippen molar-refractivity contribution >= 4 is 0 Å². The number of benzene rings is 2. The van der Waals surface area contributed by atoms with Crippen molar-refractivity contribution in [2.45, 2.75) is 60.3 Å². The van der Waals surface area contributed by atoms with E-state index in [1.807, 2.05) is 0 Å². The lowest BCUT2D eigenvalue weighted by Crippen LogP contribution is -2.05. The summed E-state index contributed by atoms with van der Waals surface area (Å²) in [5.74, 6) is 1.26. The summed E-state index contributed by atoms with van der Waals surface area (Å²) in [5.41, 5.74) is 8.43. The molecule has 2 aromatic rings. The fraction of sp³-hybridized carbons (Fsp3) is 0.455. The molecule has 0 spiro atoms. The summed E-state index contributed by atoms with van der Waals surface area (Å²) in [4.78, 5) is 0. The summed E-state index contributed by atoms with van der Waals surface area (Å²) in [6, 6.07) is 14.0. The van der Waals surface area contributed by atoms with Gasteiger partial charge in [0.05, 0.1) is 0 Å². The van der Waals surface area contributed by atoms with Crippen LogP contribution in [0.1, 0.15) is 66.0 Å². The lowest BCUT2D eigenvalue weighted by atomic mass is 9.83. The van der Waals surface area contributed by atoms with Crippen molar-refractivity contribution < 1.29 is 0 Å². The molecule has 118 valence electrons. The quantitative estimate of drug-likeness (QED) is 0.591. The Hall–Kier alpha value is -1.56. The Morgan fingerprint density at radius 1 is 0.591 bits per heavy atom. The molecule has 0 unspecified atom stereocenters. The first-order chi connectivity index (χ1) is 10.3. The maximum Gasteiger partial charge on any atom is 0.00898 e. The van der Waals surface area contributed by atoms with E-state index in [2.05, 4.69) is 77.9 Å². The second-order valence-corrected chi connectivity index (χ2v) is 7.37. The van der Waals surface area contributed by atoms with Crippen LogP contribution in [0.5, 0.6) is 0 Å². The highest BCUT2D eigenvalue weighted by molar-refractivity contribution is 5.40. The molecule has 0 radical (unpaired) electrons. The van der Waals surface area contributed by atoms with Crippen molar-refractivity contribution in [2.75, 3.05) is 0 Å². The van der Waals surface area contributed by atoms with E-state index in [4.69, 9.17) is 0 Å². The molecule has 0 aliphatic carbocycles. The van der Waals surface area contributed by atoms with Crippen molar-refractivity contribution in [1.82, 2.24) is 0 Å². The number of hydrogen-bond donors (Lipinski definition) is 0. The smallest absolute Gasteiger partial charge is 0.00898 e. The van der Waals surface area contributed by atoms with Gasteiger partial charge in [-0.25, -0.2) is 0 Å². The molecule has 0 saturated carbocycles. The predicted molar refractivity (Wildman–Crippen MR) is 97.7 cm³/mol. The van der Waals surface area contributed by atoms with Crippen molar-refractivity contribution in [2.24, 2.45) is 5.92 Å². The zero-order chi connectivity index (χ0) is 16.3. The zero-order valence-corrected chi connectivity index (χ0v) is 15.0. The lowest BCUT2D eigenvalue weighted by Gasteiger charge is -2.21. The molecule has 0 fully saturated rings. The van der Waals surface area contributed by atoms with Gasteiger partial charge in [0.15, 0.2) is 0 Å². The second kappa shape index (κ2) is 7.13. The molecule has 0 nitrogen and oxygen atoms in total. The first-order valence-electron chi connectivity index (χ1n) is 8.51. The highest BCUT2D eigenvalue weighted by Gasteiger charge is 2.16. The Balaban J connectivity index is 2.45. The van der Waals surface area contributed by atoms with Crippen LogP contribution in [0.15, 0.2) is 36.4 Å². The van der Waals surface area contributed by atoms with Gasteiger partial charge in [0.1, 0.15) is 0 Å². The van der Waals surface area contributed by atoms with Crippen molar-refractivity contribution in [3.8, 4) is 0 Å². The fourth-order valence-electron chi connectivity index (χ4n) is 3.45. The molecule has 0 aliphatic rings. The van der Waals surface area contributed by atoms with Gasteiger partial charge in [0.25, 0.3) is 0 Å². The molecule has 0 N–H and O–H groups in total. The predicted octanol–water partition coefficient (Wildman–Crippen LogP) is 6.49. The van der Waals surface area contributed by atoms with Crippen LogP contribution < -0.4 is 0 Å². The van der Waals surface area contributed by atoms with Gasteiger partial charge >= 0.3 is 0 Å². The molecule has 0 saturated heterocycles. The minimum atomic E-state index is 0.514. The minimum absolute atomic E-state index is 0.514. The van der Waals surface area contributed by atoms with E-state index in [0.29, 0.717) is 5.92 Å². The molecule has 0 heterocycles. The number of aryl methyl sites for hydroxylation is 4. The molecular weight excluding hydrogens is 264 g/mol. The summed E-state index contributed by atoms with van der Waals surface area (Å²) in [6.45, 7) is 13.5. The van der Waals surface area contributed by atoms with Crippen molar-refractivity contribution in [1.29, 1.82) is 0 Å². The minimum Gasteiger partial charge on any atom is -0.0628 e. The number of rotatable bonds is 5. The highest BCUT2D eigenvalue weighted by Crippen LogP contribution is 2.33. The summed E-state index contributed by atoms with van der Waals surface area (Å²) >= 11 is 0. The molecular formula is C22H30. The summed E-state index contributed by atoms with van der Waals surface area (Å²) in [6.07, 6.45) is 2.49. The lowest BCUT2D eigenvalue weighted by molar-refractivity contribution is 0.528. The van der Waals surface area contributed by atoms with Crippen LogP contribution in [-0.2, 0) is 0 Å². The Labute approximate surface area is 136 Å². The van der Waals surface area contributed by atoms with Crippen LogP contribution in [0.4, 0.5) is 0 Å². The Morgan fingerprint density at radius 2 is 0.955 bits per heavy atom. The second-order valence-electron chi connectivity index (χ2n) is 7.37. The summed E-state index contributed by atoms with van der Waals surface area (Å²) in [7, 11) is 0. The van der Waals surface area contributed by atoms with Gasteiger partial charge in [0, 0.05) is 5.92 Å². The van der Waals surface area contributed by atoms with E-state index in [1.54, 1.807) is 0 Å². The maximum atomic E-state index is 2.37. The Kier molecular flexibility index (Phi) is 5.45. The van der Waals surface area contributed by atoms with Gasteiger partial charge in [-0.1, -0.05) is 78.9 Å². The van der Waals surface area contributed by atoms with Gasteiger partial charge in [0.2, 0.25) is 0 Å². The summed E-state index contributed by atoms with van der Waals surface area (Å²) < 4.78 is 0. The molecule has 0 bridgehead atoms. The van der Waals surface area contributed by atoms with E-state index in [9.17, 15) is 0 Å². The van der Waals surface area contributed by atoms with E-state index in [-0.39, 0.29) is 0 Å². The molecule has 22 heavy (non-hydrogen) atoms. The first kappa shape index (κ1) is 16.8. The van der Waals surface area contributed by atoms with Crippen LogP contribution in [0.2, 0.25) is 0 Å². The van der Waals surface area contributed by atoms with Gasteiger partial charge < -0.3 is 0 Å². The normalized spacial score (nSPS) is 11.5. The van der Waals surface area contributed by atoms with Crippen LogP contribution in [-0.4, -0.2) is 0 Å².